The van der Waals surface area contributed by atoms with Crippen molar-refractivity contribution in [3.8, 4) is 0 Å². The van der Waals surface area contributed by atoms with Crippen molar-refractivity contribution in [2.24, 2.45) is 0 Å². The molecule has 1 heterocycles. The van der Waals surface area contributed by atoms with Crippen molar-refractivity contribution >= 4 is 29.0 Å². The number of benzene rings is 1. The van der Waals surface area contributed by atoms with Crippen molar-refractivity contribution in [3.63, 3.8) is 0 Å². The second-order valence-corrected chi connectivity index (χ2v) is 7.31. The number of anilines is 1. The van der Waals surface area contributed by atoms with E-state index in [0.29, 0.717) is 18.7 Å². The molecule has 2 aromatic rings. The minimum absolute atomic E-state index is 0.0478. The minimum atomic E-state index is -0.246. The highest BCUT2D eigenvalue weighted by atomic mass is 32.1. The third kappa shape index (κ3) is 5.86. The number of likely N-dealkylation sites (N-methyl/N-ethyl adjacent to an activating group) is 2. The van der Waals surface area contributed by atoms with Gasteiger partial charge in [0.2, 0.25) is 5.91 Å². The molecule has 1 aromatic carbocycles. The number of hydrogen-bond donors (Lipinski definition) is 2. The van der Waals surface area contributed by atoms with Gasteiger partial charge in [0.05, 0.1) is 12.5 Å². The standard InChI is InChI=1S/C19H26N4O2S/c1-22(2)17(15-9-10-26-13-15)12-20-19(25)21-16-7-5-14(6-8-16)11-18(24)23(3)4/h5-10,13,17H,11-12H2,1-4H3,(H2,20,21,25)/t17-/m0/s1. The number of hydrogen-bond acceptors (Lipinski definition) is 4. The quantitative estimate of drug-likeness (QED) is 0.783. The molecule has 0 saturated heterocycles. The number of rotatable bonds is 7. The van der Waals surface area contributed by atoms with Crippen molar-refractivity contribution < 1.29 is 9.59 Å². The number of carbonyl (C=O) groups excluding carboxylic acids is 2. The Hall–Kier alpha value is -2.38. The van der Waals surface area contributed by atoms with E-state index in [0.717, 1.165) is 5.56 Å². The average Bonchev–Trinajstić information content (AvgIpc) is 3.10. The average molecular weight is 375 g/mol. The first-order valence-electron chi connectivity index (χ1n) is 8.39. The molecule has 140 valence electrons. The largest absolute Gasteiger partial charge is 0.349 e. The summed E-state index contributed by atoms with van der Waals surface area (Å²) in [6.07, 6.45) is 0.352. The molecule has 3 amide bonds. The Morgan fingerprint density at radius 1 is 1.08 bits per heavy atom. The van der Waals surface area contributed by atoms with Gasteiger partial charge in [-0.3, -0.25) is 4.79 Å². The van der Waals surface area contributed by atoms with Gasteiger partial charge in [0.1, 0.15) is 0 Å². The van der Waals surface area contributed by atoms with E-state index in [-0.39, 0.29) is 18.0 Å². The zero-order valence-corrected chi connectivity index (χ0v) is 16.5. The van der Waals surface area contributed by atoms with E-state index in [2.05, 4.69) is 27.0 Å². The lowest BCUT2D eigenvalue weighted by molar-refractivity contribution is -0.127. The summed E-state index contributed by atoms with van der Waals surface area (Å²) in [4.78, 5) is 27.5. The Kier molecular flexibility index (Phi) is 7.17. The Morgan fingerprint density at radius 3 is 2.31 bits per heavy atom. The van der Waals surface area contributed by atoms with Gasteiger partial charge in [-0.25, -0.2) is 4.79 Å². The van der Waals surface area contributed by atoms with Crippen molar-refractivity contribution in [1.82, 2.24) is 15.1 Å². The number of nitrogens with zero attached hydrogens (tertiary/aromatic N) is 2. The van der Waals surface area contributed by atoms with Gasteiger partial charge in [-0.15, -0.1) is 0 Å². The predicted molar refractivity (Wildman–Crippen MR) is 107 cm³/mol. The van der Waals surface area contributed by atoms with E-state index < -0.39 is 0 Å². The zero-order chi connectivity index (χ0) is 19.1. The van der Waals surface area contributed by atoms with Crippen LogP contribution in [0.3, 0.4) is 0 Å². The predicted octanol–water partition coefficient (Wildman–Crippen LogP) is 2.80. The van der Waals surface area contributed by atoms with E-state index in [1.54, 1.807) is 42.5 Å². The molecule has 26 heavy (non-hydrogen) atoms. The number of urea groups is 1. The first-order chi connectivity index (χ1) is 12.4. The van der Waals surface area contributed by atoms with E-state index in [1.165, 1.54) is 5.56 Å². The van der Waals surface area contributed by atoms with Crippen LogP contribution in [0.25, 0.3) is 0 Å². The molecule has 0 radical (unpaired) electrons. The molecule has 0 aliphatic heterocycles. The van der Waals surface area contributed by atoms with Gasteiger partial charge in [-0.2, -0.15) is 11.3 Å². The maximum atomic E-state index is 12.2. The summed E-state index contributed by atoms with van der Waals surface area (Å²) in [6, 6.07) is 9.27. The Morgan fingerprint density at radius 2 is 1.77 bits per heavy atom. The van der Waals surface area contributed by atoms with Gasteiger partial charge in [-0.05, 0) is 54.2 Å². The van der Waals surface area contributed by atoms with Crippen LogP contribution >= 0.6 is 11.3 Å². The molecule has 0 aliphatic rings. The zero-order valence-electron chi connectivity index (χ0n) is 15.7. The summed E-state index contributed by atoms with van der Waals surface area (Å²) < 4.78 is 0. The van der Waals surface area contributed by atoms with Crippen molar-refractivity contribution in [3.05, 3.63) is 52.2 Å². The highest BCUT2D eigenvalue weighted by Gasteiger charge is 2.15. The van der Waals surface area contributed by atoms with Crippen LogP contribution in [0.15, 0.2) is 41.1 Å². The molecule has 0 unspecified atom stereocenters. The van der Waals surface area contributed by atoms with E-state index in [9.17, 15) is 9.59 Å². The Balaban J connectivity index is 1.86. The third-order valence-corrected chi connectivity index (χ3v) is 4.77. The van der Waals surface area contributed by atoms with Gasteiger partial charge in [0.15, 0.2) is 0 Å². The van der Waals surface area contributed by atoms with Gasteiger partial charge in [-0.1, -0.05) is 12.1 Å². The van der Waals surface area contributed by atoms with Crippen LogP contribution in [0.5, 0.6) is 0 Å². The lowest BCUT2D eigenvalue weighted by atomic mass is 10.1. The van der Waals surface area contributed by atoms with Gasteiger partial charge in [0.25, 0.3) is 0 Å². The van der Waals surface area contributed by atoms with Crippen molar-refractivity contribution in [1.29, 1.82) is 0 Å². The fraction of sp³-hybridized carbons (Fsp3) is 0.368. The molecule has 0 bridgehead atoms. The maximum absolute atomic E-state index is 12.2. The SMILES string of the molecule is CN(C)C(=O)Cc1ccc(NC(=O)NC[C@@H](c2ccsc2)N(C)C)cc1. The summed E-state index contributed by atoms with van der Waals surface area (Å²) in [7, 11) is 7.46. The van der Waals surface area contributed by atoms with Crippen LogP contribution in [0.2, 0.25) is 0 Å². The molecule has 2 rings (SSSR count). The second kappa shape index (κ2) is 9.35. The fourth-order valence-corrected chi connectivity index (χ4v) is 3.17. The highest BCUT2D eigenvalue weighted by molar-refractivity contribution is 7.07. The highest BCUT2D eigenvalue weighted by Crippen LogP contribution is 2.20. The molecule has 0 aliphatic carbocycles. The topological polar surface area (TPSA) is 64.7 Å². The van der Waals surface area contributed by atoms with Crippen LogP contribution in [-0.2, 0) is 11.2 Å². The lowest BCUT2D eigenvalue weighted by Crippen LogP contribution is -2.36. The minimum Gasteiger partial charge on any atom is -0.349 e. The van der Waals surface area contributed by atoms with Crippen LogP contribution in [0, 0.1) is 0 Å². The molecule has 1 atom stereocenters. The third-order valence-electron chi connectivity index (χ3n) is 4.07. The number of carbonyl (C=O) groups is 2. The van der Waals surface area contributed by atoms with Crippen LogP contribution in [-0.4, -0.2) is 56.5 Å². The molecule has 0 fully saturated rings. The first kappa shape index (κ1) is 19.9. The molecule has 7 heteroatoms. The Bertz CT molecular complexity index is 712. The van der Waals surface area contributed by atoms with Crippen LogP contribution < -0.4 is 10.6 Å². The van der Waals surface area contributed by atoms with Crippen molar-refractivity contribution in [2.45, 2.75) is 12.5 Å². The van der Waals surface area contributed by atoms with Gasteiger partial charge in [0, 0.05) is 26.3 Å². The van der Waals surface area contributed by atoms with E-state index in [4.69, 9.17) is 0 Å². The maximum Gasteiger partial charge on any atom is 0.319 e. The second-order valence-electron chi connectivity index (χ2n) is 6.53. The summed E-state index contributed by atoms with van der Waals surface area (Å²) in [6.45, 7) is 0.519. The van der Waals surface area contributed by atoms with Crippen LogP contribution in [0.4, 0.5) is 10.5 Å². The number of thiophene rings is 1. The molecule has 0 saturated carbocycles. The molecule has 1 aromatic heterocycles. The molecular formula is C19H26N4O2S. The Labute approximate surface area is 158 Å². The molecule has 0 spiro atoms. The van der Waals surface area contributed by atoms with Crippen molar-refractivity contribution in [2.75, 3.05) is 40.1 Å². The molecule has 2 N–H and O–H groups in total. The number of nitrogens with one attached hydrogen (secondary N) is 2. The normalized spacial score (nSPS) is 11.9. The summed E-state index contributed by atoms with van der Waals surface area (Å²) in [5.74, 6) is 0.0478. The first-order valence-corrected chi connectivity index (χ1v) is 9.33. The van der Waals surface area contributed by atoms with Crippen LogP contribution in [0.1, 0.15) is 17.2 Å². The van der Waals surface area contributed by atoms with E-state index >= 15 is 0 Å². The summed E-state index contributed by atoms with van der Waals surface area (Å²) in [5, 5.41) is 9.87. The molecule has 6 nitrogen and oxygen atoms in total. The van der Waals surface area contributed by atoms with Gasteiger partial charge < -0.3 is 20.4 Å². The van der Waals surface area contributed by atoms with Gasteiger partial charge >= 0.3 is 6.03 Å². The lowest BCUT2D eigenvalue weighted by Gasteiger charge is -2.24. The molecular weight excluding hydrogens is 348 g/mol. The van der Waals surface area contributed by atoms with E-state index in [1.807, 2.05) is 31.6 Å². The summed E-state index contributed by atoms with van der Waals surface area (Å²) >= 11 is 1.65. The summed E-state index contributed by atoms with van der Waals surface area (Å²) in [5.41, 5.74) is 2.80. The monoisotopic (exact) mass is 374 g/mol. The number of amides is 3. The smallest absolute Gasteiger partial charge is 0.319 e. The fourth-order valence-electron chi connectivity index (χ4n) is 2.47.